The van der Waals surface area contributed by atoms with Gasteiger partial charge in [-0.3, -0.25) is 4.79 Å². The molecule has 0 saturated carbocycles. The van der Waals surface area contributed by atoms with E-state index in [-0.39, 0.29) is 12.1 Å². The summed E-state index contributed by atoms with van der Waals surface area (Å²) >= 11 is 0. The van der Waals surface area contributed by atoms with Crippen molar-refractivity contribution in [3.8, 4) is 11.5 Å². The molecular formula is C20H18N4O3. The van der Waals surface area contributed by atoms with E-state index in [1.807, 2.05) is 13.0 Å². The molecule has 0 bridgehead atoms. The van der Waals surface area contributed by atoms with Gasteiger partial charge in [-0.25, -0.2) is 4.85 Å². The fraction of sp³-hybridized carbons (Fsp3) is 0.150. The summed E-state index contributed by atoms with van der Waals surface area (Å²) in [6.45, 7) is 9.41. The van der Waals surface area contributed by atoms with Crippen LogP contribution in [0.2, 0.25) is 0 Å². The van der Waals surface area contributed by atoms with Gasteiger partial charge in [-0.1, -0.05) is 12.1 Å². The van der Waals surface area contributed by atoms with Gasteiger partial charge >= 0.3 is 0 Å². The molecule has 0 aliphatic carbocycles. The molecule has 0 spiro atoms. The number of benzene rings is 2. The SMILES string of the molecule is [C-]#[N+]c1cccc(OC)c1C1=CC(C)Oc2ccc(C(=O)N=C(N)N)cc21. The molecule has 0 aromatic heterocycles. The van der Waals surface area contributed by atoms with E-state index in [4.69, 9.17) is 27.5 Å². The second kappa shape index (κ2) is 7.22. The normalized spacial score (nSPS) is 14.9. The molecule has 0 fully saturated rings. The van der Waals surface area contributed by atoms with Crippen LogP contribution in [0.25, 0.3) is 10.4 Å². The Kier molecular flexibility index (Phi) is 4.81. The first kappa shape index (κ1) is 18.0. The van der Waals surface area contributed by atoms with Crippen LogP contribution >= 0.6 is 0 Å². The number of fused-ring (bicyclic) bond motifs is 1. The van der Waals surface area contributed by atoms with Crippen LogP contribution < -0.4 is 20.9 Å². The fourth-order valence-corrected chi connectivity index (χ4v) is 2.99. The number of hydrogen-bond donors (Lipinski definition) is 2. The predicted octanol–water partition coefficient (Wildman–Crippen LogP) is 2.87. The number of rotatable bonds is 3. The largest absolute Gasteiger partial charge is 0.497 e. The third-order valence-corrected chi connectivity index (χ3v) is 4.08. The number of carbonyl (C=O) groups is 1. The van der Waals surface area contributed by atoms with Crippen LogP contribution in [0.1, 0.15) is 28.4 Å². The van der Waals surface area contributed by atoms with Crippen LogP contribution in [0, 0.1) is 6.57 Å². The summed E-state index contributed by atoms with van der Waals surface area (Å²) in [5.74, 6) is 0.304. The highest BCUT2D eigenvalue weighted by molar-refractivity contribution is 6.03. The summed E-state index contributed by atoms with van der Waals surface area (Å²) in [5, 5.41) is 0. The first-order chi connectivity index (χ1) is 12.9. The molecule has 136 valence electrons. The number of nitrogens with zero attached hydrogens (tertiary/aromatic N) is 2. The van der Waals surface area contributed by atoms with Gasteiger partial charge in [0.25, 0.3) is 5.91 Å². The van der Waals surface area contributed by atoms with Crippen LogP contribution in [0.5, 0.6) is 11.5 Å². The summed E-state index contributed by atoms with van der Waals surface area (Å²) in [6.07, 6.45) is 1.68. The van der Waals surface area contributed by atoms with E-state index in [1.54, 1.807) is 43.5 Å². The van der Waals surface area contributed by atoms with Gasteiger partial charge in [0.15, 0.2) is 11.6 Å². The number of guanidine groups is 1. The zero-order valence-corrected chi connectivity index (χ0v) is 14.9. The standard InChI is InChI=1S/C20H18N4O3/c1-11-9-14(18-15(23-2)5-4-6-17(18)26-3)13-10-12(7-8-16(13)27-11)19(25)24-20(21)22/h4-11H,1,3H3,(H4,21,22,24,25). The highest BCUT2D eigenvalue weighted by Crippen LogP contribution is 2.44. The third kappa shape index (κ3) is 3.46. The number of ether oxygens (including phenoxy) is 2. The van der Waals surface area contributed by atoms with Crippen LogP contribution in [0.15, 0.2) is 47.5 Å². The van der Waals surface area contributed by atoms with E-state index in [0.717, 1.165) is 5.57 Å². The minimum absolute atomic E-state index is 0.213. The Morgan fingerprint density at radius 3 is 2.74 bits per heavy atom. The van der Waals surface area contributed by atoms with Crippen molar-refractivity contribution < 1.29 is 14.3 Å². The average molecular weight is 362 g/mol. The molecule has 2 aromatic rings. The van der Waals surface area contributed by atoms with E-state index >= 15 is 0 Å². The van der Waals surface area contributed by atoms with Gasteiger partial charge < -0.3 is 20.9 Å². The molecule has 1 atom stereocenters. The van der Waals surface area contributed by atoms with Gasteiger partial charge in [0.2, 0.25) is 0 Å². The summed E-state index contributed by atoms with van der Waals surface area (Å²) in [6, 6.07) is 10.2. The maximum absolute atomic E-state index is 12.2. The lowest BCUT2D eigenvalue weighted by Gasteiger charge is -2.25. The van der Waals surface area contributed by atoms with Crippen molar-refractivity contribution in [2.45, 2.75) is 13.0 Å². The van der Waals surface area contributed by atoms with Crippen molar-refractivity contribution >= 4 is 23.1 Å². The quantitative estimate of drug-likeness (QED) is 0.496. The first-order valence-corrected chi connectivity index (χ1v) is 8.16. The van der Waals surface area contributed by atoms with Crippen molar-refractivity contribution in [2.75, 3.05) is 7.11 Å². The second-order valence-corrected chi connectivity index (χ2v) is 5.92. The molecule has 1 amide bonds. The highest BCUT2D eigenvalue weighted by atomic mass is 16.5. The molecule has 3 rings (SSSR count). The minimum atomic E-state index is -0.554. The highest BCUT2D eigenvalue weighted by Gasteiger charge is 2.25. The van der Waals surface area contributed by atoms with Crippen LogP contribution in [0.4, 0.5) is 5.69 Å². The van der Waals surface area contributed by atoms with E-state index in [1.165, 1.54) is 0 Å². The molecule has 27 heavy (non-hydrogen) atoms. The summed E-state index contributed by atoms with van der Waals surface area (Å²) in [7, 11) is 1.55. The lowest BCUT2D eigenvalue weighted by molar-refractivity contribution is 0.100. The molecule has 7 heteroatoms. The third-order valence-electron chi connectivity index (χ3n) is 4.08. The van der Waals surface area contributed by atoms with Crippen LogP contribution in [0.3, 0.4) is 0 Å². The molecule has 0 radical (unpaired) electrons. The Morgan fingerprint density at radius 1 is 1.30 bits per heavy atom. The lowest BCUT2D eigenvalue weighted by atomic mass is 9.91. The summed E-state index contributed by atoms with van der Waals surface area (Å²) < 4.78 is 11.3. The van der Waals surface area contributed by atoms with Crippen LogP contribution in [-0.4, -0.2) is 25.1 Å². The number of methoxy groups -OCH3 is 1. The van der Waals surface area contributed by atoms with E-state index in [2.05, 4.69) is 9.84 Å². The Balaban J connectivity index is 2.22. The molecule has 4 N–H and O–H groups in total. The molecule has 7 nitrogen and oxygen atoms in total. The Morgan fingerprint density at radius 2 is 2.07 bits per heavy atom. The van der Waals surface area contributed by atoms with Crippen molar-refractivity contribution in [3.05, 3.63) is 70.6 Å². The number of aliphatic imine (C=N–C) groups is 1. The molecule has 2 aromatic carbocycles. The maximum atomic E-state index is 12.2. The minimum Gasteiger partial charge on any atom is -0.497 e. The predicted molar refractivity (Wildman–Crippen MR) is 103 cm³/mol. The first-order valence-electron chi connectivity index (χ1n) is 8.16. The monoisotopic (exact) mass is 362 g/mol. The van der Waals surface area contributed by atoms with E-state index in [9.17, 15) is 4.79 Å². The molecule has 1 heterocycles. The Bertz CT molecular complexity index is 1010. The number of amides is 1. The Hall–Kier alpha value is -3.79. The zero-order chi connectivity index (χ0) is 19.6. The zero-order valence-electron chi connectivity index (χ0n) is 14.9. The average Bonchev–Trinajstić information content (AvgIpc) is 2.65. The van der Waals surface area contributed by atoms with Gasteiger partial charge in [0.05, 0.1) is 13.7 Å². The number of nitrogens with two attached hydrogens (primary N) is 2. The molecule has 1 aliphatic rings. The summed E-state index contributed by atoms with van der Waals surface area (Å²) in [4.78, 5) is 19.4. The number of hydrogen-bond acceptors (Lipinski definition) is 3. The molecule has 0 saturated heterocycles. The molecular weight excluding hydrogens is 344 g/mol. The van der Waals surface area contributed by atoms with Gasteiger partial charge in [0.1, 0.15) is 17.6 Å². The van der Waals surface area contributed by atoms with Crippen molar-refractivity contribution in [1.29, 1.82) is 0 Å². The smallest absolute Gasteiger partial charge is 0.280 e. The lowest BCUT2D eigenvalue weighted by Crippen LogP contribution is -2.24. The van der Waals surface area contributed by atoms with E-state index < -0.39 is 5.91 Å². The van der Waals surface area contributed by atoms with Gasteiger partial charge in [0, 0.05) is 16.7 Å². The fourth-order valence-electron chi connectivity index (χ4n) is 2.99. The maximum Gasteiger partial charge on any atom is 0.280 e. The summed E-state index contributed by atoms with van der Waals surface area (Å²) in [5.41, 5.74) is 13.4. The molecule has 1 aliphatic heterocycles. The van der Waals surface area contributed by atoms with Crippen molar-refractivity contribution in [3.63, 3.8) is 0 Å². The number of carbonyl (C=O) groups excluding carboxylic acids is 1. The van der Waals surface area contributed by atoms with Gasteiger partial charge in [-0.15, -0.1) is 0 Å². The topological polar surface area (TPSA) is 104 Å². The van der Waals surface area contributed by atoms with Crippen molar-refractivity contribution in [1.82, 2.24) is 0 Å². The molecule has 1 unspecified atom stereocenters. The van der Waals surface area contributed by atoms with Gasteiger partial charge in [-0.2, -0.15) is 4.99 Å². The van der Waals surface area contributed by atoms with Crippen molar-refractivity contribution in [2.24, 2.45) is 16.5 Å². The van der Waals surface area contributed by atoms with E-state index in [0.29, 0.717) is 33.9 Å². The second-order valence-electron chi connectivity index (χ2n) is 5.92. The van der Waals surface area contributed by atoms with Crippen LogP contribution in [-0.2, 0) is 0 Å². The Labute approximate surface area is 156 Å². The van der Waals surface area contributed by atoms with Gasteiger partial charge in [-0.05, 0) is 42.8 Å².